The standard InChI is InChI=1S/C16H15F3O/c1-10-7-8-13(18)14(15(10)19)16(2,20)9-11-5-3-4-6-12(11)17/h3-8,20H,9H2,1-2H3. The lowest BCUT2D eigenvalue weighted by atomic mass is 9.87. The predicted molar refractivity (Wildman–Crippen MR) is 70.8 cm³/mol. The van der Waals surface area contributed by atoms with Gasteiger partial charge in [-0.1, -0.05) is 24.3 Å². The van der Waals surface area contributed by atoms with E-state index in [-0.39, 0.29) is 17.5 Å². The van der Waals surface area contributed by atoms with Crippen LogP contribution < -0.4 is 0 Å². The highest BCUT2D eigenvalue weighted by molar-refractivity contribution is 5.33. The molecule has 0 amide bonds. The topological polar surface area (TPSA) is 20.2 Å². The Kier molecular flexibility index (Phi) is 3.86. The van der Waals surface area contributed by atoms with Crippen LogP contribution in [0.3, 0.4) is 0 Å². The number of aliphatic hydroxyl groups is 1. The van der Waals surface area contributed by atoms with Crippen LogP contribution in [0, 0.1) is 24.4 Å². The van der Waals surface area contributed by atoms with Gasteiger partial charge in [0, 0.05) is 6.42 Å². The summed E-state index contributed by atoms with van der Waals surface area (Å²) < 4.78 is 41.5. The van der Waals surface area contributed by atoms with E-state index in [0.29, 0.717) is 0 Å². The van der Waals surface area contributed by atoms with Crippen molar-refractivity contribution in [2.75, 3.05) is 0 Å². The van der Waals surface area contributed by atoms with Gasteiger partial charge in [-0.05, 0) is 37.1 Å². The van der Waals surface area contributed by atoms with E-state index < -0.39 is 28.6 Å². The third kappa shape index (κ3) is 2.70. The minimum Gasteiger partial charge on any atom is -0.385 e. The van der Waals surface area contributed by atoms with E-state index in [1.165, 1.54) is 38.1 Å². The second kappa shape index (κ2) is 5.29. The first kappa shape index (κ1) is 14.6. The third-order valence-electron chi connectivity index (χ3n) is 3.32. The highest BCUT2D eigenvalue weighted by Crippen LogP contribution is 2.31. The Morgan fingerprint density at radius 3 is 2.30 bits per heavy atom. The van der Waals surface area contributed by atoms with Crippen molar-refractivity contribution < 1.29 is 18.3 Å². The Labute approximate surface area is 115 Å². The number of rotatable bonds is 3. The smallest absolute Gasteiger partial charge is 0.135 e. The number of halogens is 3. The van der Waals surface area contributed by atoms with Gasteiger partial charge >= 0.3 is 0 Å². The van der Waals surface area contributed by atoms with Crippen LogP contribution in [0.5, 0.6) is 0 Å². The minimum absolute atomic E-state index is 0.206. The van der Waals surface area contributed by atoms with Gasteiger partial charge in [0.1, 0.15) is 17.5 Å². The van der Waals surface area contributed by atoms with Crippen molar-refractivity contribution >= 4 is 0 Å². The lowest BCUT2D eigenvalue weighted by Gasteiger charge is -2.25. The highest BCUT2D eigenvalue weighted by Gasteiger charge is 2.32. The molecule has 20 heavy (non-hydrogen) atoms. The summed E-state index contributed by atoms with van der Waals surface area (Å²) in [5.74, 6) is -2.15. The SMILES string of the molecule is Cc1ccc(F)c(C(C)(O)Cc2ccccc2F)c1F. The van der Waals surface area contributed by atoms with Crippen molar-refractivity contribution in [3.8, 4) is 0 Å². The van der Waals surface area contributed by atoms with Gasteiger partial charge in [0.2, 0.25) is 0 Å². The first-order valence-electron chi connectivity index (χ1n) is 6.24. The van der Waals surface area contributed by atoms with Crippen molar-refractivity contribution in [3.05, 3.63) is 70.5 Å². The molecule has 1 nitrogen and oxygen atoms in total. The van der Waals surface area contributed by atoms with Crippen LogP contribution in [0.4, 0.5) is 13.2 Å². The summed E-state index contributed by atoms with van der Waals surface area (Å²) in [4.78, 5) is 0. The molecular formula is C16H15F3O. The molecule has 0 aliphatic heterocycles. The van der Waals surface area contributed by atoms with E-state index in [1.54, 1.807) is 6.07 Å². The zero-order valence-corrected chi connectivity index (χ0v) is 11.3. The lowest BCUT2D eigenvalue weighted by Crippen LogP contribution is -2.28. The van der Waals surface area contributed by atoms with Gasteiger partial charge in [0.15, 0.2) is 0 Å². The number of hydrogen-bond acceptors (Lipinski definition) is 1. The van der Waals surface area contributed by atoms with Crippen LogP contribution in [0.15, 0.2) is 36.4 Å². The molecule has 0 saturated carbocycles. The fourth-order valence-electron chi connectivity index (χ4n) is 2.25. The van der Waals surface area contributed by atoms with Gasteiger partial charge in [-0.15, -0.1) is 0 Å². The molecule has 1 unspecified atom stereocenters. The molecule has 0 aliphatic rings. The van der Waals surface area contributed by atoms with Gasteiger partial charge in [0.25, 0.3) is 0 Å². The first-order chi connectivity index (χ1) is 9.33. The number of hydrogen-bond donors (Lipinski definition) is 1. The van der Waals surface area contributed by atoms with Crippen LogP contribution in [-0.2, 0) is 12.0 Å². The molecule has 2 aromatic rings. The number of aryl methyl sites for hydroxylation is 1. The van der Waals surface area contributed by atoms with E-state index in [9.17, 15) is 18.3 Å². The van der Waals surface area contributed by atoms with Crippen LogP contribution in [0.25, 0.3) is 0 Å². The molecule has 2 rings (SSSR count). The van der Waals surface area contributed by atoms with Crippen molar-refractivity contribution in [2.24, 2.45) is 0 Å². The fraction of sp³-hybridized carbons (Fsp3) is 0.250. The molecule has 2 aromatic carbocycles. The maximum absolute atomic E-state index is 14.1. The molecular weight excluding hydrogens is 265 g/mol. The van der Waals surface area contributed by atoms with Crippen molar-refractivity contribution in [2.45, 2.75) is 25.9 Å². The van der Waals surface area contributed by atoms with E-state index >= 15 is 0 Å². The van der Waals surface area contributed by atoms with Crippen molar-refractivity contribution in [1.29, 1.82) is 0 Å². The summed E-state index contributed by atoms with van der Waals surface area (Å²) in [6, 6.07) is 8.25. The second-order valence-electron chi connectivity index (χ2n) is 5.10. The van der Waals surface area contributed by atoms with E-state index in [0.717, 1.165) is 6.07 Å². The first-order valence-corrected chi connectivity index (χ1v) is 6.24. The monoisotopic (exact) mass is 280 g/mol. The molecule has 0 spiro atoms. The highest BCUT2D eigenvalue weighted by atomic mass is 19.1. The zero-order chi connectivity index (χ0) is 14.9. The molecule has 1 N–H and O–H groups in total. The maximum Gasteiger partial charge on any atom is 0.135 e. The third-order valence-corrected chi connectivity index (χ3v) is 3.32. The molecule has 1 atom stereocenters. The Morgan fingerprint density at radius 1 is 1.00 bits per heavy atom. The van der Waals surface area contributed by atoms with Gasteiger partial charge in [-0.25, -0.2) is 13.2 Å². The normalized spacial score (nSPS) is 14.1. The average molecular weight is 280 g/mol. The Balaban J connectivity index is 2.46. The van der Waals surface area contributed by atoms with Crippen molar-refractivity contribution in [3.63, 3.8) is 0 Å². The summed E-state index contributed by atoms with van der Waals surface area (Å²) in [6.45, 7) is 2.76. The van der Waals surface area contributed by atoms with E-state index in [1.807, 2.05) is 0 Å². The molecule has 0 fully saturated rings. The van der Waals surface area contributed by atoms with E-state index in [4.69, 9.17) is 0 Å². The molecule has 4 heteroatoms. The second-order valence-corrected chi connectivity index (χ2v) is 5.10. The van der Waals surface area contributed by atoms with Gasteiger partial charge < -0.3 is 5.11 Å². The summed E-state index contributed by atoms with van der Waals surface area (Å²) in [5.41, 5.74) is -1.82. The van der Waals surface area contributed by atoms with Gasteiger partial charge in [-0.2, -0.15) is 0 Å². The quantitative estimate of drug-likeness (QED) is 0.905. The summed E-state index contributed by atoms with van der Waals surface area (Å²) in [5, 5.41) is 10.4. The van der Waals surface area contributed by atoms with Crippen LogP contribution in [-0.4, -0.2) is 5.11 Å². The molecule has 106 valence electrons. The lowest BCUT2D eigenvalue weighted by molar-refractivity contribution is 0.0487. The van der Waals surface area contributed by atoms with E-state index in [2.05, 4.69) is 0 Å². The summed E-state index contributed by atoms with van der Waals surface area (Å²) in [6.07, 6.45) is -0.211. The average Bonchev–Trinajstić information content (AvgIpc) is 2.37. The van der Waals surface area contributed by atoms with Crippen molar-refractivity contribution in [1.82, 2.24) is 0 Å². The summed E-state index contributed by atoms with van der Waals surface area (Å²) in [7, 11) is 0. The summed E-state index contributed by atoms with van der Waals surface area (Å²) >= 11 is 0. The largest absolute Gasteiger partial charge is 0.385 e. The molecule has 0 aromatic heterocycles. The predicted octanol–water partition coefficient (Wildman–Crippen LogP) is 3.86. The van der Waals surface area contributed by atoms with Crippen LogP contribution in [0.2, 0.25) is 0 Å². The Morgan fingerprint density at radius 2 is 1.65 bits per heavy atom. The zero-order valence-electron chi connectivity index (χ0n) is 11.3. The molecule has 0 aliphatic carbocycles. The van der Waals surface area contributed by atoms with Crippen LogP contribution >= 0.6 is 0 Å². The molecule has 0 heterocycles. The number of benzene rings is 2. The van der Waals surface area contributed by atoms with Gasteiger partial charge in [0.05, 0.1) is 11.2 Å². The Hall–Kier alpha value is -1.81. The molecule has 0 radical (unpaired) electrons. The Bertz CT molecular complexity index is 636. The maximum atomic E-state index is 14.1. The molecule has 0 bridgehead atoms. The fourth-order valence-corrected chi connectivity index (χ4v) is 2.25. The molecule has 0 saturated heterocycles. The minimum atomic E-state index is -1.83. The van der Waals surface area contributed by atoms with Crippen LogP contribution in [0.1, 0.15) is 23.6 Å². The van der Waals surface area contributed by atoms with Gasteiger partial charge in [-0.3, -0.25) is 0 Å².